The first-order valence-electron chi connectivity index (χ1n) is 4.47. The van der Waals surface area contributed by atoms with E-state index in [9.17, 15) is 0 Å². The fraction of sp³-hybridized carbons (Fsp3) is 0.200. The van der Waals surface area contributed by atoms with E-state index in [0.29, 0.717) is 6.54 Å². The van der Waals surface area contributed by atoms with Gasteiger partial charge in [-0.25, -0.2) is 0 Å². The fourth-order valence-electron chi connectivity index (χ4n) is 1.18. The molecule has 2 rings (SSSR count). The number of hydrogen-bond donors (Lipinski definition) is 1. The summed E-state index contributed by atoms with van der Waals surface area (Å²) in [4.78, 5) is 1.89. The molecule has 0 spiro atoms. The second kappa shape index (κ2) is 4.73. The second-order valence-electron chi connectivity index (χ2n) is 2.96. The molecule has 76 valence electrons. The molecule has 0 saturated heterocycles. The summed E-state index contributed by atoms with van der Waals surface area (Å²) in [5.41, 5.74) is 0. The molecule has 4 nitrogen and oxygen atoms in total. The molecule has 0 atom stereocenters. The Bertz CT molecular complexity index is 455. The first-order chi connectivity index (χ1) is 7.38. The Hall–Kier alpha value is -1.64. The van der Waals surface area contributed by atoms with E-state index >= 15 is 0 Å². The molecule has 0 aliphatic rings. The summed E-state index contributed by atoms with van der Waals surface area (Å²) in [6.45, 7) is 1.40. The zero-order chi connectivity index (χ0) is 10.5. The molecule has 0 amide bonds. The maximum Gasteiger partial charge on any atom is 0.150 e. The molecule has 2 heterocycles. The molecule has 0 fully saturated rings. The molecule has 2 aromatic heterocycles. The average molecular weight is 219 g/mol. The Labute approximate surface area is 91.1 Å². The van der Waals surface area contributed by atoms with Gasteiger partial charge >= 0.3 is 0 Å². The SMILES string of the molecule is N#Cc1ccc(CNCc2ccno2)s1. The van der Waals surface area contributed by atoms with Crippen LogP contribution in [0.25, 0.3) is 0 Å². The third-order valence-electron chi connectivity index (χ3n) is 1.86. The lowest BCUT2D eigenvalue weighted by molar-refractivity contribution is 0.373. The lowest BCUT2D eigenvalue weighted by Crippen LogP contribution is -2.10. The number of nitriles is 1. The van der Waals surface area contributed by atoms with Crippen LogP contribution in [0.3, 0.4) is 0 Å². The molecule has 0 aromatic carbocycles. The van der Waals surface area contributed by atoms with Crippen molar-refractivity contribution in [3.8, 4) is 6.07 Å². The number of thiophene rings is 1. The number of nitrogens with zero attached hydrogens (tertiary/aromatic N) is 2. The van der Waals surface area contributed by atoms with Gasteiger partial charge in [0.25, 0.3) is 0 Å². The number of hydrogen-bond acceptors (Lipinski definition) is 5. The molecule has 15 heavy (non-hydrogen) atoms. The van der Waals surface area contributed by atoms with Gasteiger partial charge in [0.15, 0.2) is 0 Å². The summed E-state index contributed by atoms with van der Waals surface area (Å²) in [7, 11) is 0. The van der Waals surface area contributed by atoms with E-state index < -0.39 is 0 Å². The van der Waals surface area contributed by atoms with Gasteiger partial charge in [-0.3, -0.25) is 0 Å². The fourth-order valence-corrected chi connectivity index (χ4v) is 1.95. The highest BCUT2D eigenvalue weighted by atomic mass is 32.1. The van der Waals surface area contributed by atoms with Crippen LogP contribution in [0.1, 0.15) is 15.5 Å². The van der Waals surface area contributed by atoms with Gasteiger partial charge in [0.05, 0.1) is 12.7 Å². The van der Waals surface area contributed by atoms with Crippen LogP contribution in [-0.2, 0) is 13.1 Å². The molecule has 1 N–H and O–H groups in total. The van der Waals surface area contributed by atoms with E-state index in [1.165, 1.54) is 11.3 Å². The molecule has 2 aromatic rings. The van der Waals surface area contributed by atoms with Gasteiger partial charge < -0.3 is 9.84 Å². The number of rotatable bonds is 4. The molecule has 0 saturated carbocycles. The van der Waals surface area contributed by atoms with Crippen molar-refractivity contribution in [2.24, 2.45) is 0 Å². The van der Waals surface area contributed by atoms with E-state index in [0.717, 1.165) is 22.1 Å². The Morgan fingerprint density at radius 2 is 2.33 bits per heavy atom. The molecule has 5 heteroatoms. The molecule has 0 unspecified atom stereocenters. The quantitative estimate of drug-likeness (QED) is 0.853. The topological polar surface area (TPSA) is 61.9 Å². The Balaban J connectivity index is 1.81. The van der Waals surface area contributed by atoms with Crippen molar-refractivity contribution in [3.05, 3.63) is 39.9 Å². The second-order valence-corrected chi connectivity index (χ2v) is 4.13. The molecule has 0 bridgehead atoms. The third-order valence-corrected chi connectivity index (χ3v) is 2.85. The summed E-state index contributed by atoms with van der Waals surface area (Å²) in [6.07, 6.45) is 1.62. The van der Waals surface area contributed by atoms with Gasteiger partial charge in [0.2, 0.25) is 0 Å². The van der Waals surface area contributed by atoms with E-state index in [-0.39, 0.29) is 0 Å². The Morgan fingerprint density at radius 1 is 1.40 bits per heavy atom. The van der Waals surface area contributed by atoms with Crippen molar-refractivity contribution in [2.75, 3.05) is 0 Å². The Morgan fingerprint density at radius 3 is 3.00 bits per heavy atom. The minimum absolute atomic E-state index is 0.653. The minimum atomic E-state index is 0.653. The maximum atomic E-state index is 8.64. The monoisotopic (exact) mass is 219 g/mol. The van der Waals surface area contributed by atoms with Crippen molar-refractivity contribution >= 4 is 11.3 Å². The highest BCUT2D eigenvalue weighted by Crippen LogP contribution is 2.14. The smallest absolute Gasteiger partial charge is 0.150 e. The van der Waals surface area contributed by atoms with Crippen molar-refractivity contribution in [1.82, 2.24) is 10.5 Å². The van der Waals surface area contributed by atoms with Gasteiger partial charge in [0.1, 0.15) is 16.7 Å². The van der Waals surface area contributed by atoms with Crippen molar-refractivity contribution in [1.29, 1.82) is 5.26 Å². The van der Waals surface area contributed by atoms with E-state index in [4.69, 9.17) is 9.78 Å². The van der Waals surface area contributed by atoms with E-state index in [1.807, 2.05) is 18.2 Å². The summed E-state index contributed by atoms with van der Waals surface area (Å²) in [5, 5.41) is 15.5. The van der Waals surface area contributed by atoms with Gasteiger partial charge in [-0.1, -0.05) is 5.16 Å². The predicted octanol–water partition coefficient (Wildman–Crippen LogP) is 1.90. The minimum Gasteiger partial charge on any atom is -0.360 e. The van der Waals surface area contributed by atoms with Crippen LogP contribution in [0.15, 0.2) is 28.9 Å². The van der Waals surface area contributed by atoms with Gasteiger partial charge in [-0.05, 0) is 12.1 Å². The van der Waals surface area contributed by atoms with Crippen LogP contribution in [0, 0.1) is 11.3 Å². The van der Waals surface area contributed by atoms with Crippen LogP contribution >= 0.6 is 11.3 Å². The zero-order valence-electron chi connectivity index (χ0n) is 7.93. The maximum absolute atomic E-state index is 8.64. The van der Waals surface area contributed by atoms with Crippen molar-refractivity contribution < 1.29 is 4.52 Å². The molecular formula is C10H9N3OS. The molecular weight excluding hydrogens is 210 g/mol. The summed E-state index contributed by atoms with van der Waals surface area (Å²) in [6, 6.07) is 7.72. The van der Waals surface area contributed by atoms with Crippen molar-refractivity contribution in [3.63, 3.8) is 0 Å². The highest BCUT2D eigenvalue weighted by molar-refractivity contribution is 7.12. The van der Waals surface area contributed by atoms with E-state index in [1.54, 1.807) is 6.20 Å². The summed E-state index contributed by atoms with van der Waals surface area (Å²) < 4.78 is 4.94. The van der Waals surface area contributed by atoms with Gasteiger partial charge in [0, 0.05) is 17.5 Å². The third kappa shape index (κ3) is 2.65. The van der Waals surface area contributed by atoms with Crippen molar-refractivity contribution in [2.45, 2.75) is 13.1 Å². The number of nitrogens with one attached hydrogen (secondary N) is 1. The average Bonchev–Trinajstić information content (AvgIpc) is 2.88. The largest absolute Gasteiger partial charge is 0.360 e. The normalized spacial score (nSPS) is 10.1. The van der Waals surface area contributed by atoms with Crippen LogP contribution < -0.4 is 5.32 Å². The van der Waals surface area contributed by atoms with Crippen LogP contribution in [0.4, 0.5) is 0 Å². The predicted molar refractivity (Wildman–Crippen MR) is 56.1 cm³/mol. The first-order valence-corrected chi connectivity index (χ1v) is 5.29. The highest BCUT2D eigenvalue weighted by Gasteiger charge is 2.00. The Kier molecular flexibility index (Phi) is 3.12. The zero-order valence-corrected chi connectivity index (χ0v) is 8.75. The summed E-state index contributed by atoms with van der Waals surface area (Å²) in [5.74, 6) is 0.812. The van der Waals surface area contributed by atoms with Crippen LogP contribution in [0.5, 0.6) is 0 Å². The van der Waals surface area contributed by atoms with Crippen LogP contribution in [0.2, 0.25) is 0 Å². The van der Waals surface area contributed by atoms with Gasteiger partial charge in [-0.2, -0.15) is 5.26 Å². The van der Waals surface area contributed by atoms with Gasteiger partial charge in [-0.15, -0.1) is 11.3 Å². The first kappa shape index (κ1) is 9.90. The standard InChI is InChI=1S/C10H9N3OS/c11-5-9-1-2-10(15-9)7-12-6-8-3-4-13-14-8/h1-4,12H,6-7H2. The molecule has 0 aliphatic heterocycles. The summed E-state index contributed by atoms with van der Waals surface area (Å²) >= 11 is 1.50. The lowest BCUT2D eigenvalue weighted by atomic mass is 10.4. The van der Waals surface area contributed by atoms with E-state index in [2.05, 4.69) is 16.5 Å². The number of aromatic nitrogens is 1. The molecule has 0 aliphatic carbocycles. The lowest BCUT2D eigenvalue weighted by Gasteiger charge is -1.98. The van der Waals surface area contributed by atoms with Crippen LogP contribution in [-0.4, -0.2) is 5.16 Å². The molecule has 0 radical (unpaired) electrons.